The van der Waals surface area contributed by atoms with Gasteiger partial charge in [0.05, 0.1) is 5.56 Å². The normalized spacial score (nSPS) is 15.9. The van der Waals surface area contributed by atoms with Crippen molar-refractivity contribution in [2.45, 2.75) is 33.7 Å². The first-order chi connectivity index (χ1) is 17.5. The Balaban J connectivity index is 1.32. The van der Waals surface area contributed by atoms with Crippen LogP contribution in [0.15, 0.2) is 60.4 Å². The van der Waals surface area contributed by atoms with Gasteiger partial charge in [0.1, 0.15) is 18.2 Å². The standard InChI is InChI=1S/C30H31ClN2O3/c1-4-33(5-2)25-12-8-22(9-13-25)16-27-28(34)26-17-23-18-32(15-14-21-6-10-24(31)11-7-21)19-35-29(23)20(3)30(26)36-27/h6-13,16-17H,4-5,14-15,18-19H2,1-3H3/b27-16-. The highest BCUT2D eigenvalue weighted by atomic mass is 35.5. The smallest absolute Gasteiger partial charge is 0.231 e. The van der Waals surface area contributed by atoms with Gasteiger partial charge in [-0.15, -0.1) is 0 Å². The van der Waals surface area contributed by atoms with Crippen LogP contribution < -0.4 is 14.4 Å². The Morgan fingerprint density at radius 2 is 1.75 bits per heavy atom. The van der Waals surface area contributed by atoms with Gasteiger partial charge in [-0.3, -0.25) is 9.69 Å². The van der Waals surface area contributed by atoms with Crippen molar-refractivity contribution in [2.24, 2.45) is 0 Å². The van der Waals surface area contributed by atoms with Crippen LogP contribution in [-0.4, -0.2) is 37.0 Å². The second kappa shape index (κ2) is 10.4. The van der Waals surface area contributed by atoms with Crippen LogP contribution in [0.2, 0.25) is 5.02 Å². The van der Waals surface area contributed by atoms with Crippen molar-refractivity contribution in [1.29, 1.82) is 0 Å². The fourth-order valence-corrected chi connectivity index (χ4v) is 5.03. The lowest BCUT2D eigenvalue weighted by Crippen LogP contribution is -2.34. The molecule has 0 spiro atoms. The molecule has 5 nitrogen and oxygen atoms in total. The van der Waals surface area contributed by atoms with E-state index in [9.17, 15) is 4.79 Å². The number of fused-ring (bicyclic) bond motifs is 2. The highest BCUT2D eigenvalue weighted by Crippen LogP contribution is 2.43. The van der Waals surface area contributed by atoms with E-state index in [0.29, 0.717) is 23.8 Å². The molecule has 0 fully saturated rings. The molecule has 0 unspecified atom stereocenters. The van der Waals surface area contributed by atoms with E-state index in [0.717, 1.165) is 60.1 Å². The summed E-state index contributed by atoms with van der Waals surface area (Å²) in [5.41, 5.74) is 5.86. The average molecular weight is 503 g/mol. The van der Waals surface area contributed by atoms with Crippen LogP contribution in [0.5, 0.6) is 11.5 Å². The summed E-state index contributed by atoms with van der Waals surface area (Å²) < 4.78 is 12.2. The number of nitrogens with zero attached hydrogens (tertiary/aromatic N) is 2. The Kier molecular flexibility index (Phi) is 7.04. The van der Waals surface area contributed by atoms with Crippen molar-refractivity contribution in [2.75, 3.05) is 31.3 Å². The van der Waals surface area contributed by atoms with Gasteiger partial charge in [0.2, 0.25) is 5.78 Å². The minimum atomic E-state index is -0.0815. The molecule has 6 heteroatoms. The number of halogens is 1. The number of ketones is 1. The van der Waals surface area contributed by atoms with Gasteiger partial charge in [-0.2, -0.15) is 0 Å². The van der Waals surface area contributed by atoms with Crippen LogP contribution in [0.4, 0.5) is 5.69 Å². The van der Waals surface area contributed by atoms with Gasteiger partial charge in [-0.05, 0) is 74.7 Å². The Hall–Kier alpha value is -3.28. The molecule has 0 amide bonds. The number of hydrogen-bond donors (Lipinski definition) is 0. The predicted octanol–water partition coefficient (Wildman–Crippen LogP) is 6.51. The van der Waals surface area contributed by atoms with Gasteiger partial charge in [0.25, 0.3) is 0 Å². The fraction of sp³-hybridized carbons (Fsp3) is 0.300. The van der Waals surface area contributed by atoms with Crippen molar-refractivity contribution in [3.8, 4) is 11.5 Å². The first kappa shape index (κ1) is 24.4. The third-order valence-corrected chi connectivity index (χ3v) is 7.20. The summed E-state index contributed by atoms with van der Waals surface area (Å²) in [5, 5.41) is 0.746. The van der Waals surface area contributed by atoms with Crippen molar-refractivity contribution in [3.63, 3.8) is 0 Å². The number of benzene rings is 3. The molecule has 5 rings (SSSR count). The number of carbonyl (C=O) groups excluding carboxylic acids is 1. The topological polar surface area (TPSA) is 42.0 Å². The lowest BCUT2D eigenvalue weighted by Gasteiger charge is -2.30. The SMILES string of the molecule is CCN(CC)c1ccc(/C=C2\Oc3c(cc4c(c3C)OCN(CCc3ccc(Cl)cc3)C4)C2=O)cc1. The van der Waals surface area contributed by atoms with Crippen LogP contribution in [0.1, 0.15) is 46.5 Å². The zero-order valence-electron chi connectivity index (χ0n) is 21.0. The first-order valence-corrected chi connectivity index (χ1v) is 12.9. The van der Waals surface area contributed by atoms with Crippen LogP contribution in [0.3, 0.4) is 0 Å². The summed E-state index contributed by atoms with van der Waals surface area (Å²) in [4.78, 5) is 17.8. The zero-order valence-corrected chi connectivity index (χ0v) is 21.8. The molecule has 0 N–H and O–H groups in total. The van der Waals surface area contributed by atoms with Crippen LogP contribution in [0.25, 0.3) is 6.08 Å². The van der Waals surface area contributed by atoms with Crippen LogP contribution in [-0.2, 0) is 13.0 Å². The van der Waals surface area contributed by atoms with Gasteiger partial charge in [0, 0.05) is 48.0 Å². The lowest BCUT2D eigenvalue weighted by molar-refractivity contribution is 0.0954. The zero-order chi connectivity index (χ0) is 25.2. The molecule has 0 aliphatic carbocycles. The maximum absolute atomic E-state index is 13.3. The molecule has 3 aromatic rings. The minimum absolute atomic E-state index is 0.0815. The molecular formula is C30H31ClN2O3. The Morgan fingerprint density at radius 3 is 2.44 bits per heavy atom. The molecule has 0 saturated carbocycles. The minimum Gasteiger partial charge on any atom is -0.477 e. The van der Waals surface area contributed by atoms with E-state index in [4.69, 9.17) is 21.1 Å². The van der Waals surface area contributed by atoms with E-state index in [1.54, 1.807) is 0 Å². The van der Waals surface area contributed by atoms with E-state index in [2.05, 4.69) is 47.9 Å². The van der Waals surface area contributed by atoms with Crippen molar-refractivity contribution in [3.05, 3.63) is 93.2 Å². The van der Waals surface area contributed by atoms with Crippen molar-refractivity contribution < 1.29 is 14.3 Å². The molecule has 0 atom stereocenters. The number of anilines is 1. The second-order valence-electron chi connectivity index (χ2n) is 9.27. The van der Waals surface area contributed by atoms with E-state index in [1.165, 1.54) is 11.3 Å². The molecule has 0 bridgehead atoms. The van der Waals surface area contributed by atoms with Crippen LogP contribution >= 0.6 is 11.6 Å². The van der Waals surface area contributed by atoms with Gasteiger partial charge in [-0.25, -0.2) is 0 Å². The maximum Gasteiger partial charge on any atom is 0.231 e. The number of allylic oxidation sites excluding steroid dienone is 1. The molecule has 2 aliphatic rings. The lowest BCUT2D eigenvalue weighted by atomic mass is 10.00. The number of rotatable bonds is 7. The number of hydrogen-bond acceptors (Lipinski definition) is 5. The summed E-state index contributed by atoms with van der Waals surface area (Å²) >= 11 is 6.00. The quantitative estimate of drug-likeness (QED) is 0.345. The number of Topliss-reactive ketones (excluding diaryl/α,β-unsaturated/α-hetero) is 1. The summed E-state index contributed by atoms with van der Waals surface area (Å²) in [6, 6.07) is 18.1. The highest BCUT2D eigenvalue weighted by Gasteiger charge is 2.33. The molecular weight excluding hydrogens is 472 g/mol. The molecule has 0 radical (unpaired) electrons. The predicted molar refractivity (Wildman–Crippen MR) is 145 cm³/mol. The Bertz CT molecular complexity index is 1300. The monoisotopic (exact) mass is 502 g/mol. The average Bonchev–Trinajstić information content (AvgIpc) is 3.20. The van der Waals surface area contributed by atoms with E-state index in [-0.39, 0.29) is 5.78 Å². The van der Waals surface area contributed by atoms with E-state index >= 15 is 0 Å². The molecule has 36 heavy (non-hydrogen) atoms. The summed E-state index contributed by atoms with van der Waals surface area (Å²) in [6.45, 7) is 10.3. The Morgan fingerprint density at radius 1 is 1.03 bits per heavy atom. The molecule has 0 saturated heterocycles. The molecule has 186 valence electrons. The van der Waals surface area contributed by atoms with Crippen LogP contribution in [0, 0.1) is 6.92 Å². The summed E-state index contributed by atoms with van der Waals surface area (Å²) in [7, 11) is 0. The summed E-state index contributed by atoms with van der Waals surface area (Å²) in [6.07, 6.45) is 2.73. The van der Waals surface area contributed by atoms with Gasteiger partial charge in [0.15, 0.2) is 5.76 Å². The Labute approximate surface area is 217 Å². The first-order valence-electron chi connectivity index (χ1n) is 12.5. The number of ether oxygens (including phenoxy) is 2. The second-order valence-corrected chi connectivity index (χ2v) is 9.71. The van der Waals surface area contributed by atoms with Crippen molar-refractivity contribution in [1.82, 2.24) is 4.90 Å². The molecule has 2 heterocycles. The van der Waals surface area contributed by atoms with Gasteiger partial charge >= 0.3 is 0 Å². The number of carbonyl (C=O) groups is 1. The maximum atomic E-state index is 13.3. The fourth-order valence-electron chi connectivity index (χ4n) is 4.90. The van der Waals surface area contributed by atoms with Crippen molar-refractivity contribution >= 4 is 29.1 Å². The molecule has 3 aromatic carbocycles. The summed E-state index contributed by atoms with van der Waals surface area (Å²) in [5.74, 6) is 1.71. The molecule has 2 aliphatic heterocycles. The highest BCUT2D eigenvalue weighted by molar-refractivity contribution is 6.30. The van der Waals surface area contributed by atoms with E-state index < -0.39 is 0 Å². The third kappa shape index (κ3) is 4.86. The molecule has 0 aromatic heterocycles. The van der Waals surface area contributed by atoms with E-state index in [1.807, 2.05) is 43.3 Å². The largest absolute Gasteiger partial charge is 0.477 e. The third-order valence-electron chi connectivity index (χ3n) is 6.95. The van der Waals surface area contributed by atoms with Gasteiger partial charge < -0.3 is 14.4 Å². The van der Waals surface area contributed by atoms with Gasteiger partial charge in [-0.1, -0.05) is 35.9 Å².